The van der Waals surface area contributed by atoms with Crippen molar-refractivity contribution in [3.8, 4) is 0 Å². The summed E-state index contributed by atoms with van der Waals surface area (Å²) >= 11 is 0. The van der Waals surface area contributed by atoms with Gasteiger partial charge >= 0.3 is 12.1 Å². The van der Waals surface area contributed by atoms with Gasteiger partial charge in [0.25, 0.3) is 0 Å². The van der Waals surface area contributed by atoms with E-state index in [1.54, 1.807) is 20.8 Å². The Morgan fingerprint density at radius 1 is 1.03 bits per heavy atom. The minimum absolute atomic E-state index is 0.0282. The highest BCUT2D eigenvalue weighted by Crippen LogP contribution is 2.28. The number of hydrogen-bond acceptors (Lipinski definition) is 4. The Labute approximate surface area is 198 Å². The minimum Gasteiger partial charge on any atom is -0.464 e. The van der Waals surface area contributed by atoms with E-state index in [0.717, 1.165) is 10.6 Å². The predicted octanol–water partition coefficient (Wildman–Crippen LogP) is 5.38. The van der Waals surface area contributed by atoms with E-state index < -0.39 is 35.4 Å². The van der Waals surface area contributed by atoms with E-state index in [2.05, 4.69) is 5.43 Å². The molecule has 0 aromatic heterocycles. The number of benzene rings is 1. The topological polar surface area (TPSA) is 95.9 Å². The largest absolute Gasteiger partial charge is 0.464 e. The first kappa shape index (κ1) is 28.2. The molecule has 0 radical (unpaired) electrons. The zero-order valence-electron chi connectivity index (χ0n) is 21.0. The molecule has 1 aromatic rings. The van der Waals surface area contributed by atoms with E-state index in [0.29, 0.717) is 12.8 Å². The second kappa shape index (κ2) is 13.0. The molecule has 33 heavy (non-hydrogen) atoms. The van der Waals surface area contributed by atoms with Gasteiger partial charge in [-0.3, -0.25) is 15.0 Å². The lowest BCUT2D eigenvalue weighted by Gasteiger charge is -2.31. The van der Waals surface area contributed by atoms with Gasteiger partial charge in [0.05, 0.1) is 11.8 Å². The molecule has 2 N–H and O–H groups in total. The van der Waals surface area contributed by atoms with Gasteiger partial charge in [0.15, 0.2) is 0 Å². The molecule has 2 amide bonds. The molecule has 0 saturated carbocycles. The third kappa shape index (κ3) is 11.0. The summed E-state index contributed by atoms with van der Waals surface area (Å²) in [5.74, 6) is -2.30. The molecule has 2 atom stereocenters. The number of carbonyl (C=O) groups is 3. The Morgan fingerprint density at radius 3 is 2.12 bits per heavy atom. The molecule has 0 aliphatic carbocycles. The first-order chi connectivity index (χ1) is 15.3. The molecule has 0 fully saturated rings. The fraction of sp³-hybridized carbons (Fsp3) is 0.577. The average molecular weight is 461 g/mol. The van der Waals surface area contributed by atoms with Crippen LogP contribution in [0.15, 0.2) is 36.4 Å². The van der Waals surface area contributed by atoms with Crippen molar-refractivity contribution < 1.29 is 24.2 Å². The highest BCUT2D eigenvalue weighted by molar-refractivity contribution is 5.86. The van der Waals surface area contributed by atoms with Gasteiger partial charge in [-0.15, -0.1) is 0 Å². The highest BCUT2D eigenvalue weighted by atomic mass is 16.6. The van der Waals surface area contributed by atoms with Crippen molar-refractivity contribution in [1.29, 1.82) is 0 Å². The van der Waals surface area contributed by atoms with Gasteiger partial charge < -0.3 is 9.84 Å². The quantitative estimate of drug-likeness (QED) is 0.361. The van der Waals surface area contributed by atoms with Crippen LogP contribution < -0.4 is 5.43 Å². The highest BCUT2D eigenvalue weighted by Gasteiger charge is 2.37. The monoisotopic (exact) mass is 460 g/mol. The minimum atomic E-state index is -1.24. The Kier molecular flexibility index (Phi) is 11.1. The lowest BCUT2D eigenvalue weighted by atomic mass is 9.82. The van der Waals surface area contributed by atoms with E-state index in [1.807, 2.05) is 70.2 Å². The number of esters is 1. The van der Waals surface area contributed by atoms with Crippen LogP contribution >= 0.6 is 0 Å². The van der Waals surface area contributed by atoms with Gasteiger partial charge in [0.1, 0.15) is 5.60 Å². The molecule has 0 heterocycles. The average Bonchev–Trinajstić information content (AvgIpc) is 2.68. The zero-order valence-corrected chi connectivity index (χ0v) is 21.0. The Balaban J connectivity index is 3.22. The van der Waals surface area contributed by atoms with Gasteiger partial charge in [0, 0.05) is 6.54 Å². The standard InChI is InChI=1S/C26H40N2O5/c1-18(2)16-22(23(29)27-28(25(31)32)17-19(3)4)21(24(30)33-26(5,6)7)15-11-14-20-12-9-8-10-13-20/h8-14,18-19,21-22H,15-17H2,1-7H3,(H,27,29)(H,31,32)/t21-,22+/m0/s1. The molecular weight excluding hydrogens is 420 g/mol. The summed E-state index contributed by atoms with van der Waals surface area (Å²) in [6, 6.07) is 9.68. The van der Waals surface area contributed by atoms with Crippen LogP contribution in [0.5, 0.6) is 0 Å². The Hall–Kier alpha value is -2.83. The van der Waals surface area contributed by atoms with Crippen LogP contribution in [0, 0.1) is 23.7 Å². The van der Waals surface area contributed by atoms with Crippen molar-refractivity contribution >= 4 is 24.0 Å². The molecule has 0 aliphatic heterocycles. The van der Waals surface area contributed by atoms with Crippen molar-refractivity contribution in [3.63, 3.8) is 0 Å². The van der Waals surface area contributed by atoms with Gasteiger partial charge in [-0.2, -0.15) is 0 Å². The van der Waals surface area contributed by atoms with Crippen molar-refractivity contribution in [1.82, 2.24) is 10.4 Å². The van der Waals surface area contributed by atoms with Crippen LogP contribution in [-0.2, 0) is 14.3 Å². The van der Waals surface area contributed by atoms with Crippen molar-refractivity contribution in [2.45, 2.75) is 66.9 Å². The Morgan fingerprint density at radius 2 is 1.64 bits per heavy atom. The summed E-state index contributed by atoms with van der Waals surface area (Å²) < 4.78 is 5.65. The first-order valence-corrected chi connectivity index (χ1v) is 11.6. The number of amides is 2. The van der Waals surface area contributed by atoms with E-state index in [1.165, 1.54) is 0 Å². The number of hydrazine groups is 1. The van der Waals surface area contributed by atoms with Crippen LogP contribution in [0.2, 0.25) is 0 Å². The number of nitrogens with one attached hydrogen (secondary N) is 1. The zero-order chi connectivity index (χ0) is 25.2. The lowest BCUT2D eigenvalue weighted by Crippen LogP contribution is -2.51. The van der Waals surface area contributed by atoms with Crippen LogP contribution in [0.3, 0.4) is 0 Å². The fourth-order valence-corrected chi connectivity index (χ4v) is 3.43. The second-order valence-electron chi connectivity index (χ2n) is 10.2. The third-order valence-corrected chi connectivity index (χ3v) is 4.78. The molecular formula is C26H40N2O5. The van der Waals surface area contributed by atoms with Gasteiger partial charge in [-0.05, 0) is 51.0 Å². The normalized spacial score (nSPS) is 13.7. The molecule has 7 heteroatoms. The van der Waals surface area contributed by atoms with Crippen LogP contribution in [0.4, 0.5) is 4.79 Å². The van der Waals surface area contributed by atoms with Crippen molar-refractivity contribution in [3.05, 3.63) is 42.0 Å². The van der Waals surface area contributed by atoms with Gasteiger partial charge in [0.2, 0.25) is 5.91 Å². The predicted molar refractivity (Wildman–Crippen MR) is 130 cm³/mol. The molecule has 1 rings (SSSR count). The smallest absolute Gasteiger partial charge is 0.426 e. The molecule has 7 nitrogen and oxygen atoms in total. The number of ether oxygens (including phenoxy) is 1. The van der Waals surface area contributed by atoms with Gasteiger partial charge in [-0.25, -0.2) is 9.80 Å². The summed E-state index contributed by atoms with van der Waals surface area (Å²) in [6.07, 6.45) is 3.26. The molecule has 1 aromatic carbocycles. The number of nitrogens with zero attached hydrogens (tertiary/aromatic N) is 1. The number of rotatable bonds is 10. The molecule has 0 unspecified atom stereocenters. The molecule has 0 saturated heterocycles. The second-order valence-corrected chi connectivity index (χ2v) is 10.2. The first-order valence-electron chi connectivity index (χ1n) is 11.6. The maximum absolute atomic E-state index is 13.3. The molecule has 184 valence electrons. The van der Waals surface area contributed by atoms with Crippen LogP contribution in [-0.4, -0.2) is 40.2 Å². The maximum Gasteiger partial charge on any atom is 0.426 e. The summed E-state index contributed by atoms with van der Waals surface area (Å²) in [6.45, 7) is 13.2. The summed E-state index contributed by atoms with van der Waals surface area (Å²) in [7, 11) is 0. The van der Waals surface area contributed by atoms with Crippen LogP contribution in [0.1, 0.15) is 66.9 Å². The van der Waals surface area contributed by atoms with E-state index in [9.17, 15) is 19.5 Å². The van der Waals surface area contributed by atoms with Gasteiger partial charge in [-0.1, -0.05) is 70.2 Å². The summed E-state index contributed by atoms with van der Waals surface area (Å²) in [5, 5.41) is 10.4. The SMILES string of the molecule is CC(C)C[C@@H](C(=O)NN(CC(C)C)C(=O)O)[C@H](CC=Cc1ccccc1)C(=O)OC(C)(C)C. The Bertz CT molecular complexity index is 797. The molecule has 0 aliphatic rings. The number of hydrogen-bond donors (Lipinski definition) is 2. The number of carbonyl (C=O) groups excluding carboxylic acids is 2. The molecule has 0 spiro atoms. The van der Waals surface area contributed by atoms with Crippen molar-refractivity contribution in [2.24, 2.45) is 23.7 Å². The van der Waals surface area contributed by atoms with E-state index >= 15 is 0 Å². The van der Waals surface area contributed by atoms with E-state index in [-0.39, 0.29) is 18.4 Å². The van der Waals surface area contributed by atoms with Crippen molar-refractivity contribution in [2.75, 3.05) is 6.54 Å². The van der Waals surface area contributed by atoms with Crippen LogP contribution in [0.25, 0.3) is 6.08 Å². The third-order valence-electron chi connectivity index (χ3n) is 4.78. The maximum atomic E-state index is 13.3. The molecule has 0 bridgehead atoms. The number of carboxylic acid groups (broad SMARTS) is 1. The fourth-order valence-electron chi connectivity index (χ4n) is 3.43. The summed E-state index contributed by atoms with van der Waals surface area (Å²) in [4.78, 5) is 38.1. The van der Waals surface area contributed by atoms with E-state index in [4.69, 9.17) is 4.74 Å². The number of allylic oxidation sites excluding steroid dienone is 1. The lowest BCUT2D eigenvalue weighted by molar-refractivity contribution is -0.164. The summed E-state index contributed by atoms with van der Waals surface area (Å²) in [5.41, 5.74) is 2.80.